The lowest BCUT2D eigenvalue weighted by molar-refractivity contribution is -0.159. The highest BCUT2D eigenvalue weighted by Crippen LogP contribution is 2.86. The first-order valence-corrected chi connectivity index (χ1v) is 14.9. The summed E-state index contributed by atoms with van der Waals surface area (Å²) in [6.07, 6.45) is 17.9. The number of fused-ring (bicyclic) bond motifs is 2. The molecular formula is C32H52O2. The van der Waals surface area contributed by atoms with Crippen LogP contribution in [0.3, 0.4) is 0 Å². The van der Waals surface area contributed by atoms with Crippen molar-refractivity contribution in [3.05, 3.63) is 11.6 Å². The van der Waals surface area contributed by atoms with E-state index in [9.17, 15) is 4.79 Å². The second-order valence-electron chi connectivity index (χ2n) is 14.2. The SMILES string of the molecule is CC=C(CCC(C)C1CCC2C3CCC4C(C)C(OC(C)=O)CCC45CC35CCC12C)C(C)C. The average Bonchev–Trinajstić information content (AvgIpc) is 3.32. The molecule has 2 heteroatoms. The van der Waals surface area contributed by atoms with Crippen LogP contribution in [0.15, 0.2) is 11.6 Å². The first-order valence-electron chi connectivity index (χ1n) is 14.9. The molecule has 2 spiro atoms. The number of hydrogen-bond donors (Lipinski definition) is 0. The fourth-order valence-electron chi connectivity index (χ4n) is 11.2. The summed E-state index contributed by atoms with van der Waals surface area (Å²) in [7, 11) is 0. The third-order valence-electron chi connectivity index (χ3n) is 12.9. The molecule has 2 nitrogen and oxygen atoms in total. The number of carbonyl (C=O) groups excluding carboxylic acids is 1. The van der Waals surface area contributed by atoms with Gasteiger partial charge < -0.3 is 4.74 Å². The number of rotatable bonds is 6. The largest absolute Gasteiger partial charge is 0.462 e. The van der Waals surface area contributed by atoms with Gasteiger partial charge in [-0.1, -0.05) is 46.3 Å². The molecule has 0 saturated heterocycles. The normalized spacial score (nSPS) is 48.4. The Morgan fingerprint density at radius 3 is 2.32 bits per heavy atom. The molecule has 10 unspecified atom stereocenters. The minimum absolute atomic E-state index is 0.0820. The van der Waals surface area contributed by atoms with Crippen molar-refractivity contribution >= 4 is 5.97 Å². The summed E-state index contributed by atoms with van der Waals surface area (Å²) < 4.78 is 5.80. The van der Waals surface area contributed by atoms with Crippen LogP contribution in [0.1, 0.15) is 119 Å². The Morgan fingerprint density at radius 1 is 0.971 bits per heavy atom. The molecule has 5 aliphatic carbocycles. The molecule has 10 atom stereocenters. The maximum Gasteiger partial charge on any atom is 0.302 e. The number of esters is 1. The van der Waals surface area contributed by atoms with Crippen molar-refractivity contribution in [2.75, 3.05) is 0 Å². The molecule has 5 aliphatic rings. The molecule has 0 aliphatic heterocycles. The Balaban J connectivity index is 1.30. The average molecular weight is 469 g/mol. The Labute approximate surface area is 210 Å². The van der Waals surface area contributed by atoms with Crippen LogP contribution >= 0.6 is 0 Å². The lowest BCUT2D eigenvalue weighted by Crippen LogP contribution is -2.51. The fraction of sp³-hybridized carbons (Fsp3) is 0.906. The molecule has 0 N–H and O–H groups in total. The summed E-state index contributed by atoms with van der Waals surface area (Å²) in [5.41, 5.74) is 3.46. The first-order chi connectivity index (χ1) is 16.1. The highest BCUT2D eigenvalue weighted by molar-refractivity contribution is 5.66. The van der Waals surface area contributed by atoms with Gasteiger partial charge in [0, 0.05) is 6.92 Å². The standard InChI is InChI=1S/C32H52O2/c1-8-24(20(2)3)10-9-21(4)25-11-13-27-28-14-12-26-22(5)29(34-23(6)33)15-16-31(26)19-32(28,31)18-17-30(25,27)7/h8,20-22,25-29H,9-19H2,1-7H3. The van der Waals surface area contributed by atoms with E-state index in [1.54, 1.807) is 12.5 Å². The van der Waals surface area contributed by atoms with Crippen molar-refractivity contribution in [2.45, 2.75) is 125 Å². The zero-order valence-electron chi connectivity index (χ0n) is 23.3. The van der Waals surface area contributed by atoms with Gasteiger partial charge in [0.05, 0.1) is 0 Å². The van der Waals surface area contributed by atoms with Gasteiger partial charge in [-0.25, -0.2) is 0 Å². The Bertz CT molecular complexity index is 827. The van der Waals surface area contributed by atoms with Gasteiger partial charge in [-0.15, -0.1) is 0 Å². The summed E-state index contributed by atoms with van der Waals surface area (Å²) in [5.74, 6) is 5.65. The lowest BCUT2D eigenvalue weighted by Gasteiger charge is -2.57. The van der Waals surface area contributed by atoms with Crippen molar-refractivity contribution in [3.8, 4) is 0 Å². The predicted molar refractivity (Wildman–Crippen MR) is 140 cm³/mol. The second-order valence-corrected chi connectivity index (χ2v) is 14.2. The molecule has 192 valence electrons. The number of carbonyl (C=O) groups is 1. The molecule has 5 fully saturated rings. The summed E-state index contributed by atoms with van der Waals surface area (Å²) >= 11 is 0. The predicted octanol–water partition coefficient (Wildman–Crippen LogP) is 8.60. The van der Waals surface area contributed by atoms with Crippen molar-refractivity contribution in [1.29, 1.82) is 0 Å². The monoisotopic (exact) mass is 468 g/mol. The minimum atomic E-state index is -0.0820. The molecule has 34 heavy (non-hydrogen) atoms. The quantitative estimate of drug-likeness (QED) is 0.288. The zero-order chi connectivity index (χ0) is 24.5. The van der Waals surface area contributed by atoms with Gasteiger partial charge in [0.25, 0.3) is 0 Å². The van der Waals surface area contributed by atoms with E-state index in [0.717, 1.165) is 36.0 Å². The highest BCUT2D eigenvalue weighted by Gasteiger charge is 2.79. The topological polar surface area (TPSA) is 26.3 Å². The molecule has 5 saturated carbocycles. The number of allylic oxidation sites excluding steroid dienone is 2. The molecule has 0 aromatic heterocycles. The van der Waals surface area contributed by atoms with Gasteiger partial charge in [-0.2, -0.15) is 0 Å². The van der Waals surface area contributed by atoms with E-state index in [-0.39, 0.29) is 12.1 Å². The molecular weight excluding hydrogens is 416 g/mol. The maximum atomic E-state index is 11.7. The highest BCUT2D eigenvalue weighted by atomic mass is 16.5. The van der Waals surface area contributed by atoms with Crippen LogP contribution < -0.4 is 0 Å². The van der Waals surface area contributed by atoms with Gasteiger partial charge >= 0.3 is 5.97 Å². The second kappa shape index (κ2) is 8.65. The van der Waals surface area contributed by atoms with Gasteiger partial charge in [0.15, 0.2) is 0 Å². The molecule has 0 aromatic rings. The van der Waals surface area contributed by atoms with E-state index in [0.29, 0.717) is 28.1 Å². The minimum Gasteiger partial charge on any atom is -0.462 e. The van der Waals surface area contributed by atoms with E-state index in [2.05, 4.69) is 47.6 Å². The van der Waals surface area contributed by atoms with Crippen molar-refractivity contribution in [1.82, 2.24) is 0 Å². The van der Waals surface area contributed by atoms with E-state index in [4.69, 9.17) is 4.74 Å². The van der Waals surface area contributed by atoms with Crippen molar-refractivity contribution in [2.24, 2.45) is 57.7 Å². The van der Waals surface area contributed by atoms with Crippen LogP contribution in [0.5, 0.6) is 0 Å². The van der Waals surface area contributed by atoms with Gasteiger partial charge in [-0.3, -0.25) is 4.79 Å². The summed E-state index contributed by atoms with van der Waals surface area (Å²) in [5, 5.41) is 0. The van der Waals surface area contributed by atoms with Crippen molar-refractivity contribution in [3.63, 3.8) is 0 Å². The maximum absolute atomic E-state index is 11.7. The van der Waals surface area contributed by atoms with Crippen LogP contribution in [-0.2, 0) is 9.53 Å². The lowest BCUT2D eigenvalue weighted by atomic mass is 9.48. The van der Waals surface area contributed by atoms with E-state index >= 15 is 0 Å². The summed E-state index contributed by atoms with van der Waals surface area (Å²) in [6.45, 7) is 16.3. The van der Waals surface area contributed by atoms with E-state index < -0.39 is 0 Å². The van der Waals surface area contributed by atoms with Gasteiger partial charge in [-0.05, 0) is 135 Å². The number of hydrogen-bond acceptors (Lipinski definition) is 2. The van der Waals surface area contributed by atoms with Crippen molar-refractivity contribution < 1.29 is 9.53 Å². The molecule has 0 aromatic carbocycles. The van der Waals surface area contributed by atoms with Gasteiger partial charge in [0.1, 0.15) is 6.10 Å². The molecule has 0 amide bonds. The van der Waals surface area contributed by atoms with E-state index in [1.165, 1.54) is 64.2 Å². The summed E-state index contributed by atoms with van der Waals surface area (Å²) in [6, 6.07) is 0. The third kappa shape index (κ3) is 3.50. The van der Waals surface area contributed by atoms with Crippen LogP contribution in [0.2, 0.25) is 0 Å². The van der Waals surface area contributed by atoms with Gasteiger partial charge in [0.2, 0.25) is 0 Å². The Kier molecular flexibility index (Phi) is 6.33. The third-order valence-corrected chi connectivity index (χ3v) is 12.9. The molecule has 0 radical (unpaired) electrons. The Hall–Kier alpha value is -0.790. The van der Waals surface area contributed by atoms with Crippen LogP contribution in [0.25, 0.3) is 0 Å². The Morgan fingerprint density at radius 2 is 1.65 bits per heavy atom. The van der Waals surface area contributed by atoms with Crippen LogP contribution in [-0.4, -0.2) is 12.1 Å². The molecule has 0 bridgehead atoms. The van der Waals surface area contributed by atoms with Crippen LogP contribution in [0.4, 0.5) is 0 Å². The first kappa shape index (κ1) is 24.9. The number of ether oxygens (including phenoxy) is 1. The zero-order valence-corrected chi connectivity index (χ0v) is 23.3. The van der Waals surface area contributed by atoms with E-state index in [1.807, 2.05) is 0 Å². The fourth-order valence-corrected chi connectivity index (χ4v) is 11.2. The smallest absolute Gasteiger partial charge is 0.302 e. The summed E-state index contributed by atoms with van der Waals surface area (Å²) in [4.78, 5) is 11.7. The molecule has 5 rings (SSSR count). The molecule has 0 heterocycles. The van der Waals surface area contributed by atoms with Crippen LogP contribution in [0, 0.1) is 57.7 Å².